The van der Waals surface area contributed by atoms with Gasteiger partial charge in [0.25, 0.3) is 0 Å². The standard InChI is InChI=1S/C21H31N5O2/c27-18-17-21(7-2-1-3-8-21)19(28)26(18)12-5-4-11-24-13-15-25(16-14-24)20-22-9-6-10-23-20/h6,9-10H,1-5,7-8,11-17H2. The summed E-state index contributed by atoms with van der Waals surface area (Å²) >= 11 is 0. The average molecular weight is 386 g/mol. The van der Waals surface area contributed by atoms with Gasteiger partial charge in [0, 0.05) is 51.5 Å². The minimum atomic E-state index is -0.342. The van der Waals surface area contributed by atoms with E-state index in [9.17, 15) is 9.59 Å². The lowest BCUT2D eigenvalue weighted by atomic mass is 9.73. The predicted octanol–water partition coefficient (Wildman–Crippen LogP) is 2.09. The Balaban J connectivity index is 1.17. The lowest BCUT2D eigenvalue weighted by Gasteiger charge is -2.34. The maximum atomic E-state index is 12.8. The number of anilines is 1. The molecule has 3 heterocycles. The second-order valence-electron chi connectivity index (χ2n) is 8.45. The molecule has 2 saturated heterocycles. The zero-order chi connectivity index (χ0) is 19.4. The highest BCUT2D eigenvalue weighted by Crippen LogP contribution is 2.45. The number of imide groups is 1. The fraction of sp³-hybridized carbons (Fsp3) is 0.714. The molecule has 4 rings (SSSR count). The van der Waals surface area contributed by atoms with Crippen molar-refractivity contribution in [2.75, 3.05) is 44.2 Å². The molecule has 7 heteroatoms. The molecule has 1 aromatic heterocycles. The molecule has 3 fully saturated rings. The van der Waals surface area contributed by atoms with E-state index in [1.165, 1.54) is 6.42 Å². The molecular formula is C21H31N5O2. The first-order valence-electron chi connectivity index (χ1n) is 10.8. The Morgan fingerprint density at radius 3 is 2.29 bits per heavy atom. The number of hydrogen-bond acceptors (Lipinski definition) is 6. The highest BCUT2D eigenvalue weighted by atomic mass is 16.2. The van der Waals surface area contributed by atoms with Crippen molar-refractivity contribution in [1.29, 1.82) is 0 Å². The van der Waals surface area contributed by atoms with Crippen LogP contribution in [-0.4, -0.2) is 70.9 Å². The Bertz CT molecular complexity index is 681. The van der Waals surface area contributed by atoms with Crippen LogP contribution in [0.25, 0.3) is 0 Å². The first-order valence-corrected chi connectivity index (χ1v) is 10.8. The van der Waals surface area contributed by atoms with Crippen molar-refractivity contribution in [3.05, 3.63) is 18.5 Å². The first kappa shape index (κ1) is 19.3. The molecule has 28 heavy (non-hydrogen) atoms. The van der Waals surface area contributed by atoms with Gasteiger partial charge in [-0.2, -0.15) is 0 Å². The Hall–Kier alpha value is -2.02. The van der Waals surface area contributed by atoms with E-state index in [0.29, 0.717) is 13.0 Å². The number of nitrogens with zero attached hydrogens (tertiary/aromatic N) is 5. The maximum Gasteiger partial charge on any atom is 0.235 e. The van der Waals surface area contributed by atoms with Gasteiger partial charge in [-0.1, -0.05) is 19.3 Å². The van der Waals surface area contributed by atoms with Crippen LogP contribution in [0.4, 0.5) is 5.95 Å². The van der Waals surface area contributed by atoms with Gasteiger partial charge in [0.1, 0.15) is 0 Å². The normalized spacial score (nSPS) is 23.0. The molecule has 7 nitrogen and oxygen atoms in total. The van der Waals surface area contributed by atoms with Gasteiger partial charge in [-0.05, 0) is 38.3 Å². The molecule has 2 amide bonds. The number of amides is 2. The maximum absolute atomic E-state index is 12.8. The zero-order valence-corrected chi connectivity index (χ0v) is 16.7. The zero-order valence-electron chi connectivity index (χ0n) is 16.7. The van der Waals surface area contributed by atoms with Crippen LogP contribution in [0, 0.1) is 5.41 Å². The molecule has 1 aliphatic carbocycles. The van der Waals surface area contributed by atoms with Crippen molar-refractivity contribution in [1.82, 2.24) is 19.8 Å². The van der Waals surface area contributed by atoms with E-state index >= 15 is 0 Å². The summed E-state index contributed by atoms with van der Waals surface area (Å²) in [6, 6.07) is 1.84. The van der Waals surface area contributed by atoms with E-state index < -0.39 is 0 Å². The Labute approximate surface area is 167 Å². The third kappa shape index (κ3) is 4.04. The molecule has 0 bridgehead atoms. The number of aromatic nitrogens is 2. The van der Waals surface area contributed by atoms with E-state index in [-0.39, 0.29) is 17.2 Å². The van der Waals surface area contributed by atoms with Crippen LogP contribution in [0.15, 0.2) is 18.5 Å². The van der Waals surface area contributed by atoms with E-state index in [0.717, 1.165) is 77.2 Å². The number of rotatable bonds is 6. The van der Waals surface area contributed by atoms with Crippen molar-refractivity contribution < 1.29 is 9.59 Å². The van der Waals surface area contributed by atoms with Crippen LogP contribution in [0.1, 0.15) is 51.4 Å². The second kappa shape index (κ2) is 8.55. The van der Waals surface area contributed by atoms with Gasteiger partial charge in [0.2, 0.25) is 17.8 Å². The van der Waals surface area contributed by atoms with E-state index in [1.807, 2.05) is 6.07 Å². The van der Waals surface area contributed by atoms with Crippen molar-refractivity contribution in [2.24, 2.45) is 5.41 Å². The number of hydrogen-bond donors (Lipinski definition) is 0. The summed E-state index contributed by atoms with van der Waals surface area (Å²) in [5.41, 5.74) is -0.342. The van der Waals surface area contributed by atoms with Crippen molar-refractivity contribution in [2.45, 2.75) is 51.4 Å². The fourth-order valence-corrected chi connectivity index (χ4v) is 4.94. The van der Waals surface area contributed by atoms with E-state index in [2.05, 4.69) is 19.8 Å². The highest BCUT2D eigenvalue weighted by molar-refractivity contribution is 6.05. The monoisotopic (exact) mass is 385 g/mol. The number of piperazine rings is 1. The summed E-state index contributed by atoms with van der Waals surface area (Å²) in [6.45, 7) is 5.50. The lowest BCUT2D eigenvalue weighted by molar-refractivity contribution is -0.142. The molecule has 2 aliphatic heterocycles. The predicted molar refractivity (Wildman–Crippen MR) is 107 cm³/mol. The van der Waals surface area contributed by atoms with Crippen LogP contribution in [-0.2, 0) is 9.59 Å². The average Bonchev–Trinajstić information content (AvgIpc) is 2.96. The largest absolute Gasteiger partial charge is 0.338 e. The van der Waals surface area contributed by atoms with Gasteiger partial charge in [-0.3, -0.25) is 19.4 Å². The van der Waals surface area contributed by atoms with Crippen LogP contribution < -0.4 is 4.90 Å². The molecule has 1 aromatic rings. The van der Waals surface area contributed by atoms with Crippen molar-refractivity contribution in [3.8, 4) is 0 Å². The molecule has 3 aliphatic rings. The summed E-state index contributed by atoms with van der Waals surface area (Å²) in [6.07, 6.45) is 11.1. The van der Waals surface area contributed by atoms with Crippen LogP contribution in [0.3, 0.4) is 0 Å². The van der Waals surface area contributed by atoms with Gasteiger partial charge in [-0.25, -0.2) is 9.97 Å². The first-order chi connectivity index (χ1) is 13.7. The third-order valence-electron chi connectivity index (χ3n) is 6.61. The van der Waals surface area contributed by atoms with Gasteiger partial charge in [-0.15, -0.1) is 0 Å². The summed E-state index contributed by atoms with van der Waals surface area (Å²) in [7, 11) is 0. The van der Waals surface area contributed by atoms with Crippen molar-refractivity contribution >= 4 is 17.8 Å². The third-order valence-corrected chi connectivity index (χ3v) is 6.61. The van der Waals surface area contributed by atoms with Crippen LogP contribution >= 0.6 is 0 Å². The molecular weight excluding hydrogens is 354 g/mol. The Morgan fingerprint density at radius 2 is 1.57 bits per heavy atom. The van der Waals surface area contributed by atoms with Crippen molar-refractivity contribution in [3.63, 3.8) is 0 Å². The lowest BCUT2D eigenvalue weighted by Crippen LogP contribution is -2.47. The molecule has 152 valence electrons. The second-order valence-corrected chi connectivity index (χ2v) is 8.45. The minimum absolute atomic E-state index is 0.0587. The SMILES string of the molecule is O=C1CC2(CCCCC2)C(=O)N1CCCCN1CCN(c2ncccn2)CC1. The van der Waals surface area contributed by atoms with Crippen LogP contribution in [0.5, 0.6) is 0 Å². The molecule has 1 saturated carbocycles. The van der Waals surface area contributed by atoms with Gasteiger partial charge in [0.05, 0.1) is 5.41 Å². The van der Waals surface area contributed by atoms with Gasteiger partial charge in [0.15, 0.2) is 0 Å². The summed E-state index contributed by atoms with van der Waals surface area (Å²) in [5, 5.41) is 0. The summed E-state index contributed by atoms with van der Waals surface area (Å²) in [4.78, 5) is 40.1. The van der Waals surface area contributed by atoms with Crippen LogP contribution in [0.2, 0.25) is 0 Å². The topological polar surface area (TPSA) is 69.6 Å². The van der Waals surface area contributed by atoms with E-state index in [4.69, 9.17) is 0 Å². The smallest absolute Gasteiger partial charge is 0.235 e. The van der Waals surface area contributed by atoms with Gasteiger partial charge >= 0.3 is 0 Å². The highest BCUT2D eigenvalue weighted by Gasteiger charge is 2.51. The molecule has 0 radical (unpaired) electrons. The molecule has 0 atom stereocenters. The number of carbonyl (C=O) groups is 2. The number of unbranched alkanes of at least 4 members (excludes halogenated alkanes) is 1. The minimum Gasteiger partial charge on any atom is -0.338 e. The fourth-order valence-electron chi connectivity index (χ4n) is 4.94. The molecule has 0 unspecified atom stereocenters. The van der Waals surface area contributed by atoms with E-state index in [1.54, 1.807) is 17.3 Å². The molecule has 0 aromatic carbocycles. The summed E-state index contributed by atoms with van der Waals surface area (Å²) < 4.78 is 0. The summed E-state index contributed by atoms with van der Waals surface area (Å²) in [5.74, 6) is 0.988. The quantitative estimate of drug-likeness (QED) is 0.552. The molecule has 1 spiro atoms. The Kier molecular flexibility index (Phi) is 5.90. The van der Waals surface area contributed by atoms with Gasteiger partial charge < -0.3 is 4.90 Å². The number of carbonyl (C=O) groups excluding carboxylic acids is 2. The number of likely N-dealkylation sites (tertiary alicyclic amines) is 1. The Morgan fingerprint density at radius 1 is 0.893 bits per heavy atom. The molecule has 0 N–H and O–H groups in total.